The van der Waals surface area contributed by atoms with Gasteiger partial charge in [0.25, 0.3) is 8.32 Å². The molecule has 32 heavy (non-hydrogen) atoms. The standard InChI is InChI=1S/C26H35NO4Si/c1-25(2,3)31-24(29)27-20(17-18-23(27)28)19-30-32(26(4,5)6,21-13-9-7-10-14-21)22-15-11-8-12-16-22/h7-16,20H,17-19H2,1-6H3/t20-/m0/s1/i17D,18D/t17-,18+,20-. The van der Waals surface area contributed by atoms with E-state index in [0.717, 1.165) is 15.3 Å². The molecule has 0 radical (unpaired) electrons. The van der Waals surface area contributed by atoms with Gasteiger partial charge in [-0.25, -0.2) is 9.69 Å². The molecule has 3 rings (SSSR count). The first-order chi connectivity index (χ1) is 15.8. The van der Waals surface area contributed by atoms with Gasteiger partial charge >= 0.3 is 6.09 Å². The molecule has 0 aliphatic carbocycles. The van der Waals surface area contributed by atoms with Gasteiger partial charge < -0.3 is 9.16 Å². The topological polar surface area (TPSA) is 55.8 Å². The fourth-order valence-corrected chi connectivity index (χ4v) is 8.74. The summed E-state index contributed by atoms with van der Waals surface area (Å²) in [6, 6.07) is 19.2. The fraction of sp³-hybridized carbons (Fsp3) is 0.462. The van der Waals surface area contributed by atoms with Gasteiger partial charge in [-0.3, -0.25) is 4.79 Å². The summed E-state index contributed by atoms with van der Waals surface area (Å²) in [7, 11) is -2.94. The first-order valence-corrected chi connectivity index (χ1v) is 12.9. The molecule has 1 heterocycles. The van der Waals surface area contributed by atoms with Crippen LogP contribution >= 0.6 is 0 Å². The predicted octanol–water partition coefficient (Wildman–Crippen LogP) is 4.49. The van der Waals surface area contributed by atoms with Crippen molar-refractivity contribution in [1.82, 2.24) is 4.90 Å². The summed E-state index contributed by atoms with van der Waals surface area (Å²) in [6.07, 6.45) is -3.32. The summed E-state index contributed by atoms with van der Waals surface area (Å²) >= 11 is 0. The van der Waals surface area contributed by atoms with Crippen LogP contribution in [0.1, 0.15) is 57.1 Å². The van der Waals surface area contributed by atoms with E-state index in [0.29, 0.717) is 0 Å². The van der Waals surface area contributed by atoms with Gasteiger partial charge in [0.2, 0.25) is 5.91 Å². The van der Waals surface area contributed by atoms with Gasteiger partial charge in [0.1, 0.15) is 5.60 Å². The highest BCUT2D eigenvalue weighted by atomic mass is 28.4. The molecule has 2 aromatic carbocycles. The van der Waals surface area contributed by atoms with Crippen molar-refractivity contribution in [2.24, 2.45) is 0 Å². The van der Waals surface area contributed by atoms with Crippen LogP contribution in [-0.4, -0.2) is 43.5 Å². The molecule has 172 valence electrons. The van der Waals surface area contributed by atoms with E-state index >= 15 is 0 Å². The summed E-state index contributed by atoms with van der Waals surface area (Å²) in [5.74, 6) is -0.717. The SMILES string of the molecule is [2H][C@@H]1[C@@H](CO[Si](c2ccccc2)(c2ccccc2)C(C)(C)C)N(C(=O)OC(C)(C)C)C(=O)[C@@H]1[2H]. The van der Waals surface area contributed by atoms with Crippen LogP contribution in [0.3, 0.4) is 0 Å². The molecule has 0 bridgehead atoms. The zero-order valence-electron chi connectivity index (χ0n) is 21.8. The lowest BCUT2D eigenvalue weighted by atomic mass is 10.2. The first kappa shape index (κ1) is 21.4. The Bertz CT molecular complexity index is 965. The minimum atomic E-state index is -2.94. The number of hydrogen-bond acceptors (Lipinski definition) is 4. The number of nitrogens with zero attached hydrogens (tertiary/aromatic N) is 1. The number of likely N-dealkylation sites (tertiary alicyclic amines) is 1. The van der Waals surface area contributed by atoms with Crippen molar-refractivity contribution in [3.8, 4) is 0 Å². The monoisotopic (exact) mass is 455 g/mol. The minimum absolute atomic E-state index is 0.0399. The lowest BCUT2D eigenvalue weighted by Crippen LogP contribution is -2.67. The smallest absolute Gasteiger partial charge is 0.417 e. The third-order valence-electron chi connectivity index (χ3n) is 5.51. The number of imide groups is 1. The van der Waals surface area contributed by atoms with Gasteiger partial charge in [-0.2, -0.15) is 0 Å². The molecule has 3 atom stereocenters. The van der Waals surface area contributed by atoms with Crippen LogP contribution in [0.15, 0.2) is 60.7 Å². The van der Waals surface area contributed by atoms with Gasteiger partial charge in [-0.05, 0) is 42.6 Å². The molecule has 0 N–H and O–H groups in total. The second-order valence-electron chi connectivity index (χ2n) is 10.1. The van der Waals surface area contributed by atoms with Crippen LogP contribution in [0.4, 0.5) is 4.79 Å². The van der Waals surface area contributed by atoms with Crippen molar-refractivity contribution < 1.29 is 21.5 Å². The van der Waals surface area contributed by atoms with Crippen LogP contribution < -0.4 is 10.4 Å². The zero-order chi connectivity index (χ0) is 25.3. The Kier molecular flexibility index (Phi) is 6.15. The largest absolute Gasteiger partial charge is 0.443 e. The van der Waals surface area contributed by atoms with E-state index in [9.17, 15) is 9.59 Å². The number of rotatable bonds is 5. The molecule has 1 fully saturated rings. The van der Waals surface area contributed by atoms with E-state index < -0.39 is 44.8 Å². The maximum Gasteiger partial charge on any atom is 0.417 e. The molecule has 0 saturated carbocycles. The molecule has 2 aromatic rings. The number of carbonyl (C=O) groups is 2. The molecular formula is C26H35NO4Si. The molecule has 1 saturated heterocycles. The van der Waals surface area contributed by atoms with Gasteiger partial charge in [0, 0.05) is 9.14 Å². The van der Waals surface area contributed by atoms with Gasteiger partial charge in [0.15, 0.2) is 0 Å². The number of carbonyl (C=O) groups excluding carboxylic acids is 2. The van der Waals surface area contributed by atoms with E-state index in [1.807, 2.05) is 36.4 Å². The maximum absolute atomic E-state index is 12.9. The molecule has 1 aliphatic rings. The lowest BCUT2D eigenvalue weighted by molar-refractivity contribution is -0.128. The molecule has 2 amide bonds. The number of hydrogen-bond donors (Lipinski definition) is 0. The van der Waals surface area contributed by atoms with E-state index in [2.05, 4.69) is 45.0 Å². The first-order valence-electron chi connectivity index (χ1n) is 12.1. The van der Waals surface area contributed by atoms with Gasteiger partial charge in [0.05, 0.1) is 12.6 Å². The molecule has 0 spiro atoms. The lowest BCUT2D eigenvalue weighted by Gasteiger charge is -2.44. The van der Waals surface area contributed by atoms with Crippen molar-refractivity contribution in [1.29, 1.82) is 0 Å². The van der Waals surface area contributed by atoms with E-state index in [1.54, 1.807) is 20.8 Å². The Labute approximate surface area is 195 Å². The Morgan fingerprint density at radius 1 is 1.00 bits per heavy atom. The average Bonchev–Trinajstić information content (AvgIpc) is 2.97. The highest BCUT2D eigenvalue weighted by Gasteiger charge is 2.51. The Morgan fingerprint density at radius 3 is 1.94 bits per heavy atom. The van der Waals surface area contributed by atoms with Crippen LogP contribution in [0, 0.1) is 0 Å². The fourth-order valence-electron chi connectivity index (χ4n) is 4.16. The average molecular weight is 456 g/mol. The van der Waals surface area contributed by atoms with Gasteiger partial charge in [-0.1, -0.05) is 81.4 Å². The van der Waals surface area contributed by atoms with E-state index in [4.69, 9.17) is 11.9 Å². The van der Waals surface area contributed by atoms with E-state index in [1.165, 1.54) is 0 Å². The van der Waals surface area contributed by atoms with Crippen LogP contribution in [0.25, 0.3) is 0 Å². The maximum atomic E-state index is 12.9. The second-order valence-corrected chi connectivity index (χ2v) is 14.4. The van der Waals surface area contributed by atoms with E-state index in [-0.39, 0.29) is 11.6 Å². The van der Waals surface area contributed by atoms with Crippen molar-refractivity contribution in [3.05, 3.63) is 60.7 Å². The summed E-state index contributed by atoms with van der Waals surface area (Å²) in [5.41, 5.74) is -0.807. The van der Waals surface area contributed by atoms with Crippen LogP contribution in [-0.2, 0) is 14.0 Å². The second kappa shape index (κ2) is 9.20. The van der Waals surface area contributed by atoms with Crippen LogP contribution in [0.2, 0.25) is 5.04 Å². The molecule has 0 unspecified atom stereocenters. The molecular weight excluding hydrogens is 418 g/mol. The van der Waals surface area contributed by atoms with Crippen molar-refractivity contribution in [2.45, 2.75) is 71.0 Å². The molecule has 5 nitrogen and oxygen atoms in total. The summed E-state index contributed by atoms with van der Waals surface area (Å²) in [5, 5.41) is 1.82. The zero-order valence-corrected chi connectivity index (χ0v) is 20.8. The van der Waals surface area contributed by atoms with Gasteiger partial charge in [-0.15, -0.1) is 0 Å². The Morgan fingerprint density at radius 2 is 1.50 bits per heavy atom. The normalized spacial score (nSPS) is 23.0. The summed E-state index contributed by atoms with van der Waals surface area (Å²) in [6.45, 7) is 11.5. The number of ether oxygens (including phenoxy) is 1. The third-order valence-corrected chi connectivity index (χ3v) is 10.5. The summed E-state index contributed by atoms with van der Waals surface area (Å²) in [4.78, 5) is 26.6. The van der Waals surface area contributed by atoms with Crippen molar-refractivity contribution >= 4 is 30.7 Å². The Hall–Kier alpha value is -2.44. The number of amides is 2. The van der Waals surface area contributed by atoms with Crippen molar-refractivity contribution in [3.63, 3.8) is 0 Å². The third kappa shape index (κ3) is 4.97. The van der Waals surface area contributed by atoms with Crippen LogP contribution in [0.5, 0.6) is 0 Å². The van der Waals surface area contributed by atoms with Crippen molar-refractivity contribution in [2.75, 3.05) is 6.61 Å². The highest BCUT2D eigenvalue weighted by Crippen LogP contribution is 2.37. The molecule has 6 heteroatoms. The molecule has 0 aromatic heterocycles. The highest BCUT2D eigenvalue weighted by molar-refractivity contribution is 6.99. The molecule has 1 aliphatic heterocycles. The Balaban J connectivity index is 2.05. The minimum Gasteiger partial charge on any atom is -0.443 e. The predicted molar refractivity (Wildman–Crippen MR) is 130 cm³/mol. The number of benzene rings is 2. The summed E-state index contributed by atoms with van der Waals surface area (Å²) < 4.78 is 29.0. The quantitative estimate of drug-likeness (QED) is 0.624.